The number of amides is 2. The van der Waals surface area contributed by atoms with E-state index in [-0.39, 0.29) is 12.1 Å². The first kappa shape index (κ1) is 20.8. The second kappa shape index (κ2) is 10.6. The van der Waals surface area contributed by atoms with Gasteiger partial charge < -0.3 is 29.2 Å². The number of rotatable bonds is 9. The molecule has 0 radical (unpaired) electrons. The summed E-state index contributed by atoms with van der Waals surface area (Å²) in [6.07, 6.45) is -0.208. The number of para-hydroxylation sites is 3. The van der Waals surface area contributed by atoms with Gasteiger partial charge in [0, 0.05) is 25.8 Å². The van der Waals surface area contributed by atoms with Gasteiger partial charge in [-0.3, -0.25) is 0 Å². The summed E-state index contributed by atoms with van der Waals surface area (Å²) in [5.41, 5.74) is 0.916. The molecule has 29 heavy (non-hydrogen) atoms. The quantitative estimate of drug-likeness (QED) is 0.655. The Hall–Kier alpha value is -2.93. The predicted octanol–water partition coefficient (Wildman–Crippen LogP) is 3.08. The van der Waals surface area contributed by atoms with Crippen molar-refractivity contribution in [2.75, 3.05) is 40.0 Å². The molecule has 1 N–H and O–H groups in total. The molecule has 7 nitrogen and oxygen atoms in total. The summed E-state index contributed by atoms with van der Waals surface area (Å²) in [7, 11) is 1.63. The molecular formula is C22H28N2O5. The molecular weight excluding hydrogens is 372 g/mol. The molecule has 2 aromatic rings. The second-order valence-electron chi connectivity index (χ2n) is 6.64. The minimum absolute atomic E-state index is 0.151. The normalized spacial score (nSPS) is 14.9. The third-order valence-electron chi connectivity index (χ3n) is 4.61. The number of urea groups is 1. The molecule has 0 aliphatic carbocycles. The van der Waals surface area contributed by atoms with Crippen LogP contribution in [-0.2, 0) is 11.3 Å². The number of hydrogen-bond donors (Lipinski definition) is 1. The van der Waals surface area contributed by atoms with Crippen molar-refractivity contribution in [3.63, 3.8) is 0 Å². The standard InChI is InChI=1S/C22H28N2O5/c1-3-24(15-18-16-28-20-10-6-7-11-21(20)29-18)22(25)23-14-17-8-4-5-9-19(17)27-13-12-26-2/h4-11,18H,3,12-16H2,1-2H3,(H,23,25). The molecule has 0 aromatic heterocycles. The van der Waals surface area contributed by atoms with Crippen LogP contribution in [0.1, 0.15) is 12.5 Å². The Kier molecular flexibility index (Phi) is 7.58. The Morgan fingerprint density at radius 2 is 1.90 bits per heavy atom. The van der Waals surface area contributed by atoms with Crippen molar-refractivity contribution in [2.24, 2.45) is 0 Å². The van der Waals surface area contributed by atoms with Crippen LogP contribution in [0.15, 0.2) is 48.5 Å². The van der Waals surface area contributed by atoms with Gasteiger partial charge in [0.1, 0.15) is 19.0 Å². The highest BCUT2D eigenvalue weighted by atomic mass is 16.6. The van der Waals surface area contributed by atoms with Crippen LogP contribution in [0.5, 0.6) is 17.2 Å². The molecule has 156 valence electrons. The first-order valence-electron chi connectivity index (χ1n) is 9.82. The molecule has 0 spiro atoms. The van der Waals surface area contributed by atoms with E-state index in [0.29, 0.717) is 45.2 Å². The van der Waals surface area contributed by atoms with E-state index in [9.17, 15) is 4.79 Å². The van der Waals surface area contributed by atoms with E-state index < -0.39 is 0 Å². The van der Waals surface area contributed by atoms with Crippen LogP contribution in [0.2, 0.25) is 0 Å². The van der Waals surface area contributed by atoms with Gasteiger partial charge >= 0.3 is 6.03 Å². The Bertz CT molecular complexity index is 798. The van der Waals surface area contributed by atoms with Gasteiger partial charge in [-0.05, 0) is 25.1 Å². The number of likely N-dealkylation sites (N-methyl/N-ethyl adjacent to an activating group) is 1. The van der Waals surface area contributed by atoms with Crippen LogP contribution in [0.3, 0.4) is 0 Å². The highest BCUT2D eigenvalue weighted by Crippen LogP contribution is 2.31. The molecule has 1 aliphatic rings. The van der Waals surface area contributed by atoms with Crippen LogP contribution >= 0.6 is 0 Å². The summed E-state index contributed by atoms with van der Waals surface area (Å²) in [5.74, 6) is 2.19. The number of benzene rings is 2. The highest BCUT2D eigenvalue weighted by molar-refractivity contribution is 5.74. The third kappa shape index (κ3) is 5.77. The van der Waals surface area contributed by atoms with Gasteiger partial charge in [-0.15, -0.1) is 0 Å². The van der Waals surface area contributed by atoms with Crippen molar-refractivity contribution in [3.05, 3.63) is 54.1 Å². The Balaban J connectivity index is 1.53. The zero-order valence-electron chi connectivity index (χ0n) is 16.9. The van der Waals surface area contributed by atoms with Crippen molar-refractivity contribution >= 4 is 6.03 Å². The second-order valence-corrected chi connectivity index (χ2v) is 6.64. The molecule has 1 atom stereocenters. The van der Waals surface area contributed by atoms with E-state index in [4.69, 9.17) is 18.9 Å². The van der Waals surface area contributed by atoms with E-state index >= 15 is 0 Å². The van der Waals surface area contributed by atoms with Gasteiger partial charge in [0.05, 0.1) is 13.2 Å². The first-order chi connectivity index (χ1) is 14.2. The fourth-order valence-corrected chi connectivity index (χ4v) is 3.06. The van der Waals surface area contributed by atoms with E-state index in [1.807, 2.05) is 55.5 Å². The van der Waals surface area contributed by atoms with Crippen LogP contribution in [0.4, 0.5) is 4.79 Å². The maximum absolute atomic E-state index is 12.7. The van der Waals surface area contributed by atoms with Crippen LogP contribution in [-0.4, -0.2) is 57.1 Å². The maximum atomic E-state index is 12.7. The monoisotopic (exact) mass is 400 g/mol. The Labute approximate surface area is 171 Å². The number of carbonyl (C=O) groups is 1. The number of methoxy groups -OCH3 is 1. The molecule has 1 aliphatic heterocycles. The molecule has 2 amide bonds. The maximum Gasteiger partial charge on any atom is 0.317 e. The predicted molar refractivity (Wildman–Crippen MR) is 110 cm³/mol. The topological polar surface area (TPSA) is 69.3 Å². The first-order valence-corrected chi connectivity index (χ1v) is 9.82. The fraction of sp³-hybridized carbons (Fsp3) is 0.409. The molecule has 0 bridgehead atoms. The summed E-state index contributed by atoms with van der Waals surface area (Å²) in [6, 6.07) is 15.1. The van der Waals surface area contributed by atoms with E-state index in [1.54, 1.807) is 12.0 Å². The number of nitrogens with zero attached hydrogens (tertiary/aromatic N) is 1. The molecule has 1 unspecified atom stereocenters. The smallest absolute Gasteiger partial charge is 0.317 e. The zero-order chi connectivity index (χ0) is 20.5. The molecule has 0 saturated carbocycles. The Morgan fingerprint density at radius 1 is 1.14 bits per heavy atom. The molecule has 7 heteroatoms. The van der Waals surface area contributed by atoms with Crippen molar-refractivity contribution in [3.8, 4) is 17.2 Å². The zero-order valence-corrected chi connectivity index (χ0v) is 16.9. The minimum atomic E-state index is -0.208. The van der Waals surface area contributed by atoms with Gasteiger partial charge in [-0.25, -0.2) is 4.79 Å². The molecule has 2 aromatic carbocycles. The average molecular weight is 400 g/mol. The molecule has 0 fully saturated rings. The number of fused-ring (bicyclic) bond motifs is 1. The van der Waals surface area contributed by atoms with Crippen LogP contribution in [0, 0.1) is 0 Å². The molecule has 3 rings (SSSR count). The largest absolute Gasteiger partial charge is 0.491 e. The van der Waals surface area contributed by atoms with E-state index in [0.717, 1.165) is 17.1 Å². The minimum Gasteiger partial charge on any atom is -0.491 e. The summed E-state index contributed by atoms with van der Waals surface area (Å²) in [4.78, 5) is 14.4. The van der Waals surface area contributed by atoms with Crippen LogP contribution < -0.4 is 19.5 Å². The van der Waals surface area contributed by atoms with E-state index in [1.165, 1.54) is 0 Å². The lowest BCUT2D eigenvalue weighted by molar-refractivity contribution is 0.0675. The van der Waals surface area contributed by atoms with Crippen LogP contribution in [0.25, 0.3) is 0 Å². The third-order valence-corrected chi connectivity index (χ3v) is 4.61. The van der Waals surface area contributed by atoms with Crippen molar-refractivity contribution < 1.29 is 23.7 Å². The van der Waals surface area contributed by atoms with Crippen molar-refractivity contribution in [1.82, 2.24) is 10.2 Å². The summed E-state index contributed by atoms with van der Waals surface area (Å²) in [5, 5.41) is 2.97. The SMILES string of the molecule is CCN(CC1COc2ccccc2O1)C(=O)NCc1ccccc1OCCOC. The summed E-state index contributed by atoms with van der Waals surface area (Å²) in [6.45, 7) is 4.72. The summed E-state index contributed by atoms with van der Waals surface area (Å²) >= 11 is 0. The Morgan fingerprint density at radius 3 is 2.69 bits per heavy atom. The van der Waals surface area contributed by atoms with Gasteiger partial charge in [0.25, 0.3) is 0 Å². The summed E-state index contributed by atoms with van der Waals surface area (Å²) < 4.78 is 22.5. The number of nitrogens with one attached hydrogen (secondary N) is 1. The average Bonchev–Trinajstić information content (AvgIpc) is 2.76. The van der Waals surface area contributed by atoms with Crippen molar-refractivity contribution in [2.45, 2.75) is 19.6 Å². The van der Waals surface area contributed by atoms with E-state index in [2.05, 4.69) is 5.32 Å². The highest BCUT2D eigenvalue weighted by Gasteiger charge is 2.24. The lowest BCUT2D eigenvalue weighted by Gasteiger charge is -2.31. The van der Waals surface area contributed by atoms with Gasteiger partial charge in [0.15, 0.2) is 17.6 Å². The lowest BCUT2D eigenvalue weighted by atomic mass is 10.2. The molecule has 0 saturated heterocycles. The van der Waals surface area contributed by atoms with Gasteiger partial charge in [-0.1, -0.05) is 30.3 Å². The number of hydrogen-bond acceptors (Lipinski definition) is 5. The molecule has 1 heterocycles. The number of ether oxygens (including phenoxy) is 4. The van der Waals surface area contributed by atoms with Crippen molar-refractivity contribution in [1.29, 1.82) is 0 Å². The lowest BCUT2D eigenvalue weighted by Crippen LogP contribution is -2.47. The fourth-order valence-electron chi connectivity index (χ4n) is 3.06. The van der Waals surface area contributed by atoms with Gasteiger partial charge in [-0.2, -0.15) is 0 Å². The van der Waals surface area contributed by atoms with Gasteiger partial charge in [0.2, 0.25) is 0 Å². The number of carbonyl (C=O) groups excluding carboxylic acids is 1.